The summed E-state index contributed by atoms with van der Waals surface area (Å²) in [6.45, 7) is 6.12. The number of ether oxygens (including phenoxy) is 1. The molecule has 27 heavy (non-hydrogen) atoms. The average molecular weight is 368 g/mol. The molecule has 1 aliphatic rings. The third-order valence-electron chi connectivity index (χ3n) is 5.32. The number of anilines is 1. The van der Waals surface area contributed by atoms with Crippen molar-refractivity contribution in [1.82, 2.24) is 4.57 Å². The van der Waals surface area contributed by atoms with E-state index in [-0.39, 0.29) is 17.2 Å². The normalized spacial score (nSPS) is 20.0. The molecule has 1 aliphatic carbocycles. The molecule has 1 amide bonds. The number of nitrogens with one attached hydrogen (secondary N) is 1. The van der Waals surface area contributed by atoms with E-state index in [1.807, 2.05) is 45.0 Å². The third kappa shape index (κ3) is 3.65. The van der Waals surface area contributed by atoms with Gasteiger partial charge in [0.25, 0.3) is 5.56 Å². The van der Waals surface area contributed by atoms with Gasteiger partial charge in [-0.1, -0.05) is 43.7 Å². The van der Waals surface area contributed by atoms with Crippen LogP contribution in [0.5, 0.6) is 0 Å². The van der Waals surface area contributed by atoms with E-state index >= 15 is 0 Å². The Morgan fingerprint density at radius 3 is 2.44 bits per heavy atom. The molecule has 1 aromatic carbocycles. The van der Waals surface area contributed by atoms with Crippen molar-refractivity contribution in [3.8, 4) is 0 Å². The first-order valence-corrected chi connectivity index (χ1v) is 8.89. The number of nitrogens with zero attached hydrogens (tertiary/aromatic N) is 1. The summed E-state index contributed by atoms with van der Waals surface area (Å²) in [6.07, 6.45) is 1.69. The van der Waals surface area contributed by atoms with Crippen molar-refractivity contribution < 1.29 is 14.3 Å². The lowest BCUT2D eigenvalue weighted by Crippen LogP contribution is -2.27. The Morgan fingerprint density at radius 1 is 1.15 bits per heavy atom. The number of hydrogen-bond acceptors (Lipinski definition) is 4. The number of aromatic nitrogens is 1. The molecule has 0 spiro atoms. The molecule has 1 N–H and O–H groups in total. The summed E-state index contributed by atoms with van der Waals surface area (Å²) in [6, 6.07) is 11.2. The summed E-state index contributed by atoms with van der Waals surface area (Å²) in [4.78, 5) is 37.2. The quantitative estimate of drug-likeness (QED) is 0.823. The lowest BCUT2D eigenvalue weighted by molar-refractivity contribution is -0.143. The Kier molecular flexibility index (Phi) is 4.91. The van der Waals surface area contributed by atoms with Crippen molar-refractivity contribution in [2.45, 2.75) is 27.3 Å². The van der Waals surface area contributed by atoms with Crippen LogP contribution < -0.4 is 10.9 Å². The minimum Gasteiger partial charge on any atom is -0.469 e. The fraction of sp³-hybridized carbons (Fsp3) is 0.381. The number of esters is 1. The smallest absolute Gasteiger partial charge is 0.310 e. The van der Waals surface area contributed by atoms with Gasteiger partial charge in [0, 0.05) is 6.20 Å². The maximum absolute atomic E-state index is 12.7. The monoisotopic (exact) mass is 368 g/mol. The highest BCUT2D eigenvalue weighted by molar-refractivity contribution is 5.99. The number of amides is 1. The molecular weight excluding hydrogens is 344 g/mol. The number of hydrogen-bond donors (Lipinski definition) is 1. The fourth-order valence-electron chi connectivity index (χ4n) is 3.55. The second-order valence-electron chi connectivity index (χ2n) is 7.63. The highest BCUT2D eigenvalue weighted by Gasteiger charge is 2.66. The van der Waals surface area contributed by atoms with E-state index in [0.717, 1.165) is 11.1 Å². The summed E-state index contributed by atoms with van der Waals surface area (Å²) in [7, 11) is 1.31. The van der Waals surface area contributed by atoms with Gasteiger partial charge in [0.1, 0.15) is 5.69 Å². The van der Waals surface area contributed by atoms with Crippen molar-refractivity contribution in [2.24, 2.45) is 17.3 Å². The summed E-state index contributed by atoms with van der Waals surface area (Å²) >= 11 is 0. The van der Waals surface area contributed by atoms with Crippen molar-refractivity contribution in [3.05, 3.63) is 64.1 Å². The maximum atomic E-state index is 12.7. The predicted octanol–water partition coefficient (Wildman–Crippen LogP) is 2.59. The van der Waals surface area contributed by atoms with Crippen molar-refractivity contribution in [3.63, 3.8) is 0 Å². The second kappa shape index (κ2) is 7.02. The number of aryl methyl sites for hydroxylation is 1. The molecule has 0 unspecified atom stereocenters. The second-order valence-corrected chi connectivity index (χ2v) is 7.63. The SMILES string of the molecule is COC(=O)[C@@H]1[C@H](C(=O)Nc2cccn(Cc3ccc(C)cc3)c2=O)C1(C)C. The number of methoxy groups -OCH3 is 1. The van der Waals surface area contributed by atoms with Gasteiger partial charge in [0.15, 0.2) is 0 Å². The van der Waals surface area contributed by atoms with Gasteiger partial charge in [0.2, 0.25) is 5.91 Å². The van der Waals surface area contributed by atoms with E-state index in [4.69, 9.17) is 4.74 Å². The molecule has 0 aliphatic heterocycles. The van der Waals surface area contributed by atoms with Gasteiger partial charge < -0.3 is 14.6 Å². The molecule has 3 rings (SSSR count). The van der Waals surface area contributed by atoms with E-state index < -0.39 is 23.2 Å². The number of carbonyl (C=O) groups excluding carboxylic acids is 2. The maximum Gasteiger partial charge on any atom is 0.310 e. The van der Waals surface area contributed by atoms with Crippen LogP contribution >= 0.6 is 0 Å². The third-order valence-corrected chi connectivity index (χ3v) is 5.32. The molecule has 0 bridgehead atoms. The van der Waals surface area contributed by atoms with E-state index in [0.29, 0.717) is 6.54 Å². The van der Waals surface area contributed by atoms with Crippen LogP contribution in [0.25, 0.3) is 0 Å². The molecule has 1 fully saturated rings. The molecular formula is C21H24N2O4. The molecule has 142 valence electrons. The Labute approximate surface area is 158 Å². The number of rotatable bonds is 5. The first kappa shape index (κ1) is 18.9. The Balaban J connectivity index is 1.76. The summed E-state index contributed by atoms with van der Waals surface area (Å²) in [5.41, 5.74) is 1.60. The molecule has 1 aromatic heterocycles. The zero-order chi connectivity index (χ0) is 19.8. The molecule has 0 saturated heterocycles. The molecule has 6 nitrogen and oxygen atoms in total. The van der Waals surface area contributed by atoms with Crippen LogP contribution in [0.1, 0.15) is 25.0 Å². The molecule has 2 atom stereocenters. The molecule has 2 aromatic rings. The van der Waals surface area contributed by atoms with Gasteiger partial charge in [-0.05, 0) is 30.0 Å². The first-order valence-electron chi connectivity index (χ1n) is 8.89. The predicted molar refractivity (Wildman–Crippen MR) is 102 cm³/mol. The fourth-order valence-corrected chi connectivity index (χ4v) is 3.55. The first-order chi connectivity index (χ1) is 12.8. The molecule has 1 heterocycles. The van der Waals surface area contributed by atoms with Crippen molar-refractivity contribution in [2.75, 3.05) is 12.4 Å². The summed E-state index contributed by atoms with van der Waals surface area (Å²) in [5.74, 6) is -1.72. The van der Waals surface area contributed by atoms with Crippen LogP contribution in [0, 0.1) is 24.2 Å². The van der Waals surface area contributed by atoms with Gasteiger partial charge >= 0.3 is 5.97 Å². The van der Waals surface area contributed by atoms with E-state index in [1.54, 1.807) is 22.9 Å². The minimum absolute atomic E-state index is 0.209. The van der Waals surface area contributed by atoms with Crippen LogP contribution in [-0.2, 0) is 20.9 Å². The van der Waals surface area contributed by atoms with Gasteiger partial charge in [-0.2, -0.15) is 0 Å². The van der Waals surface area contributed by atoms with Crippen molar-refractivity contribution >= 4 is 17.6 Å². The van der Waals surface area contributed by atoms with E-state index in [9.17, 15) is 14.4 Å². The number of benzene rings is 1. The van der Waals surface area contributed by atoms with E-state index in [1.165, 1.54) is 7.11 Å². The minimum atomic E-state index is -0.505. The Bertz CT molecular complexity index is 928. The van der Waals surface area contributed by atoms with Gasteiger partial charge in [-0.3, -0.25) is 14.4 Å². The number of pyridine rings is 1. The van der Waals surface area contributed by atoms with Gasteiger partial charge in [-0.25, -0.2) is 0 Å². The Hall–Kier alpha value is -2.89. The largest absolute Gasteiger partial charge is 0.469 e. The van der Waals surface area contributed by atoms with Crippen molar-refractivity contribution in [1.29, 1.82) is 0 Å². The number of carbonyl (C=O) groups is 2. The lowest BCUT2D eigenvalue weighted by atomic mass is 10.1. The molecule has 6 heteroatoms. The average Bonchev–Trinajstić information content (AvgIpc) is 3.22. The summed E-state index contributed by atoms with van der Waals surface area (Å²) in [5, 5.41) is 2.69. The van der Waals surface area contributed by atoms with Gasteiger partial charge in [0.05, 0.1) is 25.5 Å². The molecule has 0 radical (unpaired) electrons. The van der Waals surface area contributed by atoms with Crippen LogP contribution in [0.15, 0.2) is 47.4 Å². The highest BCUT2D eigenvalue weighted by Crippen LogP contribution is 2.59. The lowest BCUT2D eigenvalue weighted by Gasteiger charge is -2.10. The van der Waals surface area contributed by atoms with Crippen LogP contribution in [0.2, 0.25) is 0 Å². The standard InChI is InChI=1S/C21H24N2O4/c1-13-7-9-14(10-8-13)12-23-11-5-6-15(19(23)25)22-18(24)16-17(20(26)27-4)21(16,2)3/h5-11,16-17H,12H2,1-4H3,(H,22,24)/t16-,17+/m1/s1. The topological polar surface area (TPSA) is 77.4 Å². The zero-order valence-electron chi connectivity index (χ0n) is 16.0. The van der Waals surface area contributed by atoms with Gasteiger partial charge in [-0.15, -0.1) is 0 Å². The highest BCUT2D eigenvalue weighted by atomic mass is 16.5. The molecule has 1 saturated carbocycles. The van der Waals surface area contributed by atoms with E-state index in [2.05, 4.69) is 5.32 Å². The summed E-state index contributed by atoms with van der Waals surface area (Å²) < 4.78 is 6.32. The van der Waals surface area contributed by atoms with Crippen LogP contribution in [0.4, 0.5) is 5.69 Å². The van der Waals surface area contributed by atoms with Crippen LogP contribution in [-0.4, -0.2) is 23.6 Å². The van der Waals surface area contributed by atoms with Crippen LogP contribution in [0.3, 0.4) is 0 Å². The Morgan fingerprint density at radius 2 is 1.81 bits per heavy atom. The zero-order valence-corrected chi connectivity index (χ0v) is 16.0.